The molecule has 4 heterocycles. The topological polar surface area (TPSA) is 123 Å². The van der Waals surface area contributed by atoms with E-state index in [0.717, 1.165) is 11.6 Å². The van der Waals surface area contributed by atoms with Crippen molar-refractivity contribution in [1.82, 2.24) is 25.6 Å². The highest BCUT2D eigenvalue weighted by Crippen LogP contribution is 2.29. The molecule has 1 aliphatic heterocycles. The van der Waals surface area contributed by atoms with E-state index in [4.69, 9.17) is 4.74 Å². The maximum absolute atomic E-state index is 13.1. The van der Waals surface area contributed by atoms with Crippen molar-refractivity contribution in [1.29, 1.82) is 0 Å². The Morgan fingerprint density at radius 2 is 1.88 bits per heavy atom. The normalized spacial score (nSPS) is 17.6. The van der Waals surface area contributed by atoms with Crippen LogP contribution in [0, 0.1) is 6.92 Å². The van der Waals surface area contributed by atoms with E-state index in [-0.39, 0.29) is 35.8 Å². The number of carbonyl (C=O) groups excluding carboxylic acids is 1. The number of hydrogen-bond donors (Lipinski definition) is 2. The first-order valence-electron chi connectivity index (χ1n) is 13.2. The molecule has 1 aliphatic rings. The Hall–Kier alpha value is -4.10. The van der Waals surface area contributed by atoms with Crippen LogP contribution in [0.5, 0.6) is 5.88 Å². The van der Waals surface area contributed by atoms with Gasteiger partial charge in [-0.25, -0.2) is 18.4 Å². The standard InChI is InChI=1S/C29H28F3N5O4S/c1-17-6-7-18(12-25(17)42(2,39)40)28(38)35-16-20-13-24-19(15-34-20)8-9-23(36-24)22-4-3-5-27(37-22)41-21-10-11-33-26(14-21)29(30,31)32/h3-9,12-13,15,21,26,33H,10-11,14,16H2,1-2H3,(H,35,38). The molecule has 1 fully saturated rings. The van der Waals surface area contributed by atoms with E-state index in [1.807, 2.05) is 6.07 Å². The number of amides is 1. The van der Waals surface area contributed by atoms with Crippen LogP contribution in [0.4, 0.5) is 13.2 Å². The number of piperidine rings is 1. The van der Waals surface area contributed by atoms with Crippen molar-refractivity contribution in [3.05, 3.63) is 77.6 Å². The summed E-state index contributed by atoms with van der Waals surface area (Å²) in [4.78, 5) is 26.3. The Labute approximate surface area is 240 Å². The fourth-order valence-electron chi connectivity index (χ4n) is 4.74. The number of alkyl halides is 3. The molecule has 1 aromatic carbocycles. The molecule has 5 rings (SSSR count). The van der Waals surface area contributed by atoms with Gasteiger partial charge in [-0.1, -0.05) is 12.1 Å². The molecule has 220 valence electrons. The number of ether oxygens (including phenoxy) is 1. The number of fused-ring (bicyclic) bond motifs is 1. The second-order valence-electron chi connectivity index (χ2n) is 10.2. The monoisotopic (exact) mass is 599 g/mol. The smallest absolute Gasteiger partial charge is 0.403 e. The van der Waals surface area contributed by atoms with E-state index in [0.29, 0.717) is 34.6 Å². The van der Waals surface area contributed by atoms with Crippen LogP contribution >= 0.6 is 0 Å². The maximum atomic E-state index is 13.1. The summed E-state index contributed by atoms with van der Waals surface area (Å²) in [6.45, 7) is 1.95. The van der Waals surface area contributed by atoms with Gasteiger partial charge in [-0.2, -0.15) is 13.2 Å². The Balaban J connectivity index is 1.29. The zero-order valence-corrected chi connectivity index (χ0v) is 23.6. The number of nitrogens with one attached hydrogen (secondary N) is 2. The number of aromatic nitrogens is 3. The lowest BCUT2D eigenvalue weighted by Gasteiger charge is -2.31. The molecule has 13 heteroatoms. The van der Waals surface area contributed by atoms with Crippen molar-refractivity contribution < 1.29 is 31.1 Å². The molecule has 0 radical (unpaired) electrons. The third kappa shape index (κ3) is 6.85. The lowest BCUT2D eigenvalue weighted by atomic mass is 10.0. The first-order valence-corrected chi connectivity index (χ1v) is 15.0. The van der Waals surface area contributed by atoms with Gasteiger partial charge >= 0.3 is 6.18 Å². The largest absolute Gasteiger partial charge is 0.474 e. The summed E-state index contributed by atoms with van der Waals surface area (Å²) in [7, 11) is -3.48. The van der Waals surface area contributed by atoms with E-state index < -0.39 is 34.1 Å². The summed E-state index contributed by atoms with van der Waals surface area (Å²) in [6.07, 6.45) is -2.00. The fourth-order valence-corrected chi connectivity index (χ4v) is 5.74. The van der Waals surface area contributed by atoms with Crippen LogP contribution in [0.3, 0.4) is 0 Å². The Morgan fingerprint density at radius 3 is 2.64 bits per heavy atom. The summed E-state index contributed by atoms with van der Waals surface area (Å²) in [5, 5.41) is 5.99. The highest BCUT2D eigenvalue weighted by Gasteiger charge is 2.43. The van der Waals surface area contributed by atoms with Gasteiger partial charge in [-0.05, 0) is 61.9 Å². The summed E-state index contributed by atoms with van der Waals surface area (Å²) in [5.41, 5.74) is 2.92. The van der Waals surface area contributed by atoms with E-state index >= 15 is 0 Å². The van der Waals surface area contributed by atoms with Crippen LogP contribution in [-0.4, -0.2) is 60.4 Å². The Kier molecular flexibility index (Phi) is 8.15. The lowest BCUT2D eigenvalue weighted by molar-refractivity contribution is -0.166. The molecular formula is C29H28F3N5O4S. The molecule has 2 unspecified atom stereocenters. The second kappa shape index (κ2) is 11.6. The van der Waals surface area contributed by atoms with Crippen molar-refractivity contribution in [3.8, 4) is 17.3 Å². The first kappa shape index (κ1) is 29.4. The fraction of sp³-hybridized carbons (Fsp3) is 0.310. The van der Waals surface area contributed by atoms with Gasteiger partial charge in [0.05, 0.1) is 34.0 Å². The Morgan fingerprint density at radius 1 is 1.10 bits per heavy atom. The summed E-state index contributed by atoms with van der Waals surface area (Å²) in [5.74, 6) is -0.227. The van der Waals surface area contributed by atoms with Crippen LogP contribution in [0.25, 0.3) is 22.3 Å². The zero-order chi connectivity index (χ0) is 30.1. The quantitative estimate of drug-likeness (QED) is 0.321. The van der Waals surface area contributed by atoms with Gasteiger partial charge < -0.3 is 15.4 Å². The van der Waals surface area contributed by atoms with Crippen LogP contribution < -0.4 is 15.4 Å². The second-order valence-corrected chi connectivity index (χ2v) is 12.2. The predicted molar refractivity (Wildman–Crippen MR) is 150 cm³/mol. The van der Waals surface area contributed by atoms with Crippen molar-refractivity contribution in [2.45, 2.75) is 49.5 Å². The maximum Gasteiger partial charge on any atom is 0.403 e. The average Bonchev–Trinajstić information content (AvgIpc) is 2.95. The van der Waals surface area contributed by atoms with Crippen molar-refractivity contribution >= 4 is 26.6 Å². The summed E-state index contributed by atoms with van der Waals surface area (Å²) < 4.78 is 69.3. The van der Waals surface area contributed by atoms with Crippen molar-refractivity contribution in [2.24, 2.45) is 0 Å². The van der Waals surface area contributed by atoms with Crippen molar-refractivity contribution in [3.63, 3.8) is 0 Å². The third-order valence-corrected chi connectivity index (χ3v) is 8.17. The molecule has 0 bridgehead atoms. The van der Waals surface area contributed by atoms with Gasteiger partial charge in [-0.15, -0.1) is 0 Å². The van der Waals surface area contributed by atoms with Gasteiger partial charge in [0.1, 0.15) is 12.1 Å². The average molecular weight is 600 g/mol. The number of carbonyl (C=O) groups is 1. The van der Waals surface area contributed by atoms with Gasteiger partial charge in [0.25, 0.3) is 5.91 Å². The number of aryl methyl sites for hydroxylation is 1. The molecule has 42 heavy (non-hydrogen) atoms. The van der Waals surface area contributed by atoms with Crippen LogP contribution in [0.15, 0.2) is 65.7 Å². The van der Waals surface area contributed by atoms with Crippen LogP contribution in [0.1, 0.15) is 34.5 Å². The van der Waals surface area contributed by atoms with Crippen LogP contribution in [-0.2, 0) is 16.4 Å². The molecule has 9 nitrogen and oxygen atoms in total. The van der Waals surface area contributed by atoms with Gasteiger partial charge in [0, 0.05) is 35.9 Å². The predicted octanol–water partition coefficient (Wildman–Crippen LogP) is 4.40. The highest BCUT2D eigenvalue weighted by molar-refractivity contribution is 7.90. The molecule has 4 aromatic rings. The number of halogens is 3. The molecule has 0 spiro atoms. The summed E-state index contributed by atoms with van der Waals surface area (Å²) >= 11 is 0. The van der Waals surface area contributed by atoms with E-state index in [2.05, 4.69) is 25.6 Å². The Bertz CT molecular complexity index is 1750. The van der Waals surface area contributed by atoms with Gasteiger partial charge in [0.15, 0.2) is 9.84 Å². The highest BCUT2D eigenvalue weighted by atomic mass is 32.2. The van der Waals surface area contributed by atoms with E-state index in [1.165, 1.54) is 6.07 Å². The number of pyridine rings is 3. The number of nitrogens with zero attached hydrogens (tertiary/aromatic N) is 3. The SMILES string of the molecule is Cc1ccc(C(=O)NCc2cc3nc(-c4cccc(OC5CCNC(C(F)(F)F)C5)n4)ccc3cn2)cc1S(C)(=O)=O. The first-order chi connectivity index (χ1) is 19.9. The molecular weight excluding hydrogens is 571 g/mol. The minimum atomic E-state index is -4.34. The molecule has 3 aromatic heterocycles. The van der Waals surface area contributed by atoms with Gasteiger partial charge in [-0.3, -0.25) is 9.78 Å². The molecule has 0 saturated carbocycles. The molecule has 1 amide bonds. The molecule has 1 saturated heterocycles. The lowest BCUT2D eigenvalue weighted by Crippen LogP contribution is -2.50. The van der Waals surface area contributed by atoms with E-state index in [9.17, 15) is 26.4 Å². The number of rotatable bonds is 7. The molecule has 2 atom stereocenters. The number of benzene rings is 1. The van der Waals surface area contributed by atoms with Crippen LogP contribution in [0.2, 0.25) is 0 Å². The molecule has 2 N–H and O–H groups in total. The minimum Gasteiger partial charge on any atom is -0.474 e. The van der Waals surface area contributed by atoms with Gasteiger partial charge in [0.2, 0.25) is 5.88 Å². The third-order valence-electron chi connectivity index (χ3n) is 6.93. The van der Waals surface area contributed by atoms with E-state index in [1.54, 1.807) is 55.6 Å². The number of sulfone groups is 1. The zero-order valence-electron chi connectivity index (χ0n) is 22.8. The molecule has 0 aliphatic carbocycles. The minimum absolute atomic E-state index is 0.0828. The van der Waals surface area contributed by atoms with Crippen molar-refractivity contribution in [2.75, 3.05) is 12.8 Å². The number of hydrogen-bond acceptors (Lipinski definition) is 8. The summed E-state index contributed by atoms with van der Waals surface area (Å²) in [6, 6.07) is 13.2.